The van der Waals surface area contributed by atoms with Gasteiger partial charge in [-0.3, -0.25) is 4.99 Å². The molecule has 1 saturated carbocycles. The Labute approximate surface area is 163 Å². The Balaban J connectivity index is 1.53. The summed E-state index contributed by atoms with van der Waals surface area (Å²) in [5, 5.41) is 7.01. The van der Waals surface area contributed by atoms with Crippen LogP contribution in [0, 0.1) is 5.41 Å². The van der Waals surface area contributed by atoms with Crippen molar-refractivity contribution in [3.05, 3.63) is 23.9 Å². The van der Waals surface area contributed by atoms with Crippen LogP contribution in [-0.4, -0.2) is 50.3 Å². The highest BCUT2D eigenvalue weighted by Crippen LogP contribution is 2.40. The molecule has 1 aliphatic carbocycles. The lowest BCUT2D eigenvalue weighted by Crippen LogP contribution is -2.42. The highest BCUT2D eigenvalue weighted by atomic mass is 16.5. The Kier molecular flexibility index (Phi) is 6.94. The van der Waals surface area contributed by atoms with E-state index >= 15 is 0 Å². The predicted octanol–water partition coefficient (Wildman–Crippen LogP) is 2.94. The van der Waals surface area contributed by atoms with Crippen molar-refractivity contribution in [1.82, 2.24) is 15.6 Å². The Morgan fingerprint density at radius 3 is 2.89 bits per heavy atom. The normalized spacial score (nSPS) is 22.7. The summed E-state index contributed by atoms with van der Waals surface area (Å²) >= 11 is 0. The first-order valence-corrected chi connectivity index (χ1v) is 10.4. The second-order valence-corrected chi connectivity index (χ2v) is 7.99. The van der Waals surface area contributed by atoms with Crippen molar-refractivity contribution in [3.63, 3.8) is 0 Å². The number of aromatic nitrogens is 1. The molecule has 6 nitrogen and oxygen atoms in total. The molecule has 2 fully saturated rings. The van der Waals surface area contributed by atoms with Gasteiger partial charge in [0.1, 0.15) is 5.82 Å². The lowest BCUT2D eigenvalue weighted by atomic mass is 9.83. The van der Waals surface area contributed by atoms with Gasteiger partial charge in [0.05, 0.1) is 12.7 Å². The molecule has 0 bridgehead atoms. The van der Waals surface area contributed by atoms with Crippen LogP contribution in [0.1, 0.15) is 51.5 Å². The van der Waals surface area contributed by atoms with Crippen LogP contribution in [0.2, 0.25) is 0 Å². The summed E-state index contributed by atoms with van der Waals surface area (Å²) < 4.78 is 5.63. The molecule has 2 heterocycles. The van der Waals surface area contributed by atoms with E-state index in [0.717, 1.165) is 44.6 Å². The lowest BCUT2D eigenvalue weighted by molar-refractivity contribution is 0.0529. The maximum absolute atomic E-state index is 5.63. The summed E-state index contributed by atoms with van der Waals surface area (Å²) in [4.78, 5) is 11.3. The number of rotatable bonds is 6. The molecule has 2 aliphatic rings. The molecule has 1 aliphatic heterocycles. The maximum atomic E-state index is 5.63. The quantitative estimate of drug-likeness (QED) is 0.593. The molecular formula is C21H35N5O. The van der Waals surface area contributed by atoms with Gasteiger partial charge < -0.3 is 20.3 Å². The molecular weight excluding hydrogens is 338 g/mol. The van der Waals surface area contributed by atoms with Crippen LogP contribution in [0.25, 0.3) is 0 Å². The third-order valence-corrected chi connectivity index (χ3v) is 6.10. The number of hydrogen-bond acceptors (Lipinski definition) is 4. The maximum Gasteiger partial charge on any atom is 0.191 e. The molecule has 1 aromatic heterocycles. The molecule has 150 valence electrons. The van der Waals surface area contributed by atoms with Gasteiger partial charge in [-0.1, -0.05) is 19.8 Å². The van der Waals surface area contributed by atoms with Crippen LogP contribution in [-0.2, 0) is 11.3 Å². The summed E-state index contributed by atoms with van der Waals surface area (Å²) in [6.07, 6.45) is 8.78. The van der Waals surface area contributed by atoms with Crippen molar-refractivity contribution >= 4 is 11.8 Å². The smallest absolute Gasteiger partial charge is 0.191 e. The van der Waals surface area contributed by atoms with Crippen LogP contribution in [0.4, 0.5) is 5.82 Å². The van der Waals surface area contributed by atoms with Gasteiger partial charge in [0.25, 0.3) is 0 Å². The highest BCUT2D eigenvalue weighted by molar-refractivity contribution is 5.79. The van der Waals surface area contributed by atoms with Crippen molar-refractivity contribution in [2.45, 2.75) is 58.6 Å². The Morgan fingerprint density at radius 1 is 1.37 bits per heavy atom. The topological polar surface area (TPSA) is 61.8 Å². The van der Waals surface area contributed by atoms with Crippen LogP contribution < -0.4 is 15.5 Å². The largest absolute Gasteiger partial charge is 0.375 e. The van der Waals surface area contributed by atoms with Gasteiger partial charge in [0, 0.05) is 39.4 Å². The molecule has 1 atom stereocenters. The van der Waals surface area contributed by atoms with Crippen LogP contribution in [0.3, 0.4) is 0 Å². The molecule has 1 aromatic rings. The summed E-state index contributed by atoms with van der Waals surface area (Å²) in [5.41, 5.74) is 1.67. The molecule has 2 N–H and O–H groups in total. The van der Waals surface area contributed by atoms with Gasteiger partial charge >= 0.3 is 0 Å². The van der Waals surface area contributed by atoms with E-state index in [4.69, 9.17) is 4.74 Å². The molecule has 6 heteroatoms. The zero-order chi connectivity index (χ0) is 19.1. The minimum atomic E-state index is 0.256. The summed E-state index contributed by atoms with van der Waals surface area (Å²) in [6.45, 7) is 8.74. The summed E-state index contributed by atoms with van der Waals surface area (Å²) in [5.74, 6) is 1.91. The minimum Gasteiger partial charge on any atom is -0.375 e. The fraction of sp³-hybridized carbons (Fsp3) is 0.714. The molecule has 3 rings (SSSR count). The van der Waals surface area contributed by atoms with E-state index in [1.165, 1.54) is 37.7 Å². The van der Waals surface area contributed by atoms with Crippen LogP contribution in [0.5, 0.6) is 0 Å². The van der Waals surface area contributed by atoms with E-state index in [9.17, 15) is 0 Å². The SMILES string of the molecule is CCC1(CNC(=NC)NCc2ccnc(N3CCOC(C)C3)c2)CCCC1. The van der Waals surface area contributed by atoms with Crippen LogP contribution >= 0.6 is 0 Å². The average Bonchev–Trinajstić information content (AvgIpc) is 3.18. The van der Waals surface area contributed by atoms with Crippen molar-refractivity contribution < 1.29 is 4.74 Å². The minimum absolute atomic E-state index is 0.256. The second-order valence-electron chi connectivity index (χ2n) is 7.99. The Morgan fingerprint density at radius 2 is 2.19 bits per heavy atom. The van der Waals surface area contributed by atoms with E-state index in [-0.39, 0.29) is 6.10 Å². The van der Waals surface area contributed by atoms with Crippen molar-refractivity contribution in [2.24, 2.45) is 10.4 Å². The molecule has 0 spiro atoms. The third kappa shape index (κ3) is 5.34. The molecule has 0 amide bonds. The molecule has 27 heavy (non-hydrogen) atoms. The average molecular weight is 374 g/mol. The van der Waals surface area contributed by atoms with E-state index < -0.39 is 0 Å². The van der Waals surface area contributed by atoms with E-state index in [1.54, 1.807) is 0 Å². The fourth-order valence-corrected chi connectivity index (χ4v) is 4.23. The van der Waals surface area contributed by atoms with E-state index in [1.807, 2.05) is 13.2 Å². The van der Waals surface area contributed by atoms with Gasteiger partial charge in [-0.15, -0.1) is 0 Å². The van der Waals surface area contributed by atoms with E-state index in [0.29, 0.717) is 5.41 Å². The van der Waals surface area contributed by atoms with E-state index in [2.05, 4.69) is 51.5 Å². The fourth-order valence-electron chi connectivity index (χ4n) is 4.23. The Hall–Kier alpha value is -1.82. The van der Waals surface area contributed by atoms with Crippen molar-refractivity contribution in [2.75, 3.05) is 38.2 Å². The number of aliphatic imine (C=N–C) groups is 1. The predicted molar refractivity (Wildman–Crippen MR) is 111 cm³/mol. The molecule has 0 aromatic carbocycles. The number of ether oxygens (including phenoxy) is 1. The highest BCUT2D eigenvalue weighted by Gasteiger charge is 2.31. The first-order chi connectivity index (χ1) is 13.1. The van der Waals surface area contributed by atoms with Gasteiger partial charge in [-0.25, -0.2) is 4.98 Å². The van der Waals surface area contributed by atoms with Crippen molar-refractivity contribution in [3.8, 4) is 0 Å². The first kappa shape index (κ1) is 19.9. The second kappa shape index (κ2) is 9.40. The summed E-state index contributed by atoms with van der Waals surface area (Å²) in [6, 6.07) is 4.24. The molecule has 1 saturated heterocycles. The Bertz CT molecular complexity index is 627. The number of nitrogens with zero attached hydrogens (tertiary/aromatic N) is 3. The van der Waals surface area contributed by atoms with Gasteiger partial charge in [0.2, 0.25) is 0 Å². The van der Waals surface area contributed by atoms with Gasteiger partial charge in [-0.2, -0.15) is 0 Å². The molecule has 0 radical (unpaired) electrons. The van der Waals surface area contributed by atoms with Crippen molar-refractivity contribution in [1.29, 1.82) is 0 Å². The number of pyridine rings is 1. The monoisotopic (exact) mass is 373 g/mol. The number of guanidine groups is 1. The zero-order valence-electron chi connectivity index (χ0n) is 17.1. The zero-order valence-corrected chi connectivity index (χ0v) is 17.1. The summed E-state index contributed by atoms with van der Waals surface area (Å²) in [7, 11) is 1.84. The molecule has 1 unspecified atom stereocenters. The standard InChI is InChI=1S/C21H35N5O/c1-4-21(8-5-6-9-21)16-25-20(22-3)24-14-18-7-10-23-19(13-18)26-11-12-27-17(2)15-26/h7,10,13,17H,4-6,8-9,11-12,14-16H2,1-3H3,(H2,22,24,25). The number of hydrogen-bond donors (Lipinski definition) is 2. The van der Waals surface area contributed by atoms with Gasteiger partial charge in [-0.05, 0) is 49.3 Å². The number of nitrogens with one attached hydrogen (secondary N) is 2. The lowest BCUT2D eigenvalue weighted by Gasteiger charge is -2.32. The number of anilines is 1. The van der Waals surface area contributed by atoms with Gasteiger partial charge in [0.15, 0.2) is 5.96 Å². The number of morpholine rings is 1. The third-order valence-electron chi connectivity index (χ3n) is 6.10. The first-order valence-electron chi connectivity index (χ1n) is 10.4. The van der Waals surface area contributed by atoms with Crippen LogP contribution in [0.15, 0.2) is 23.3 Å².